The fourth-order valence-corrected chi connectivity index (χ4v) is 9.03. The number of carbonyl (C=O) groups excluding carboxylic acids is 1. The van der Waals surface area contributed by atoms with Crippen LogP contribution in [-0.2, 0) is 57.5 Å². The molecule has 4 aromatic carbocycles. The molecule has 328 valence electrons. The monoisotopic (exact) mass is 867 g/mol. The Labute approximate surface area is 356 Å². The predicted octanol–water partition coefficient (Wildman–Crippen LogP) is 9.17. The van der Waals surface area contributed by atoms with E-state index in [4.69, 9.17) is 33.7 Å². The summed E-state index contributed by atoms with van der Waals surface area (Å²) in [6.07, 6.45) is 0.214. The standard InChI is InChI=1S/C43H56N3O10PS.C2H6/c1-4-25-46(26-24-38(28-34-16-18-37(44)19-17-34)45-43(47)56-41-31-52-42(33(41)3)51-27-5-2)58(49,50)40-22-20-39(21-23-40)53-32-57(48,54-29-35-12-8-6-9-13-35)55-30-36-14-10-7-11-15-36;1-2/h6-23,33,38,41-42H,4-5,24-32,44H2,1-3H3,(H,45,47);1-2H3/t33-,38+,41-,42+;/m0./s1. The third-order valence-electron chi connectivity index (χ3n) is 9.56. The number of alkyl carbamates (subject to hydrolysis) is 1. The van der Waals surface area contributed by atoms with Crippen molar-refractivity contribution in [2.75, 3.05) is 38.4 Å². The maximum absolute atomic E-state index is 14.0. The normalized spacial score (nSPS) is 17.1. The van der Waals surface area contributed by atoms with Gasteiger partial charge in [-0.1, -0.05) is 107 Å². The largest absolute Gasteiger partial charge is 0.481 e. The highest BCUT2D eigenvalue weighted by atomic mass is 32.2. The third kappa shape index (κ3) is 15.3. The molecule has 1 aliphatic heterocycles. The lowest BCUT2D eigenvalue weighted by molar-refractivity contribution is -0.128. The number of nitrogen functional groups attached to an aromatic ring is 1. The Balaban J connectivity index is 0.00000391. The fourth-order valence-electron chi connectivity index (χ4n) is 6.26. The molecule has 0 unspecified atom stereocenters. The number of amides is 1. The highest BCUT2D eigenvalue weighted by Gasteiger charge is 2.37. The molecule has 15 heteroatoms. The molecular weight excluding hydrogens is 806 g/mol. The second-order valence-electron chi connectivity index (χ2n) is 14.2. The van der Waals surface area contributed by atoms with Gasteiger partial charge >= 0.3 is 13.7 Å². The van der Waals surface area contributed by atoms with Crippen LogP contribution in [0.25, 0.3) is 0 Å². The summed E-state index contributed by atoms with van der Waals surface area (Å²) in [6.45, 7) is 11.1. The van der Waals surface area contributed by atoms with Gasteiger partial charge in [0.15, 0.2) is 12.6 Å². The van der Waals surface area contributed by atoms with Crippen LogP contribution in [-0.4, -0.2) is 69.9 Å². The molecule has 4 atom stereocenters. The first-order valence-electron chi connectivity index (χ1n) is 20.7. The number of benzene rings is 4. The van der Waals surface area contributed by atoms with Crippen LogP contribution in [0.15, 0.2) is 114 Å². The molecule has 4 aromatic rings. The highest BCUT2D eigenvalue weighted by molar-refractivity contribution is 7.89. The van der Waals surface area contributed by atoms with Gasteiger partial charge in [-0.15, -0.1) is 0 Å². The maximum Gasteiger partial charge on any atom is 0.407 e. The van der Waals surface area contributed by atoms with Gasteiger partial charge in [0.2, 0.25) is 10.0 Å². The van der Waals surface area contributed by atoms with Crippen LogP contribution in [0.5, 0.6) is 5.75 Å². The number of carbonyl (C=O) groups is 1. The van der Waals surface area contributed by atoms with Crippen molar-refractivity contribution in [1.29, 1.82) is 0 Å². The van der Waals surface area contributed by atoms with Crippen molar-refractivity contribution in [3.8, 4) is 5.75 Å². The van der Waals surface area contributed by atoms with Crippen LogP contribution < -0.4 is 15.8 Å². The van der Waals surface area contributed by atoms with Crippen molar-refractivity contribution < 1.29 is 45.8 Å². The van der Waals surface area contributed by atoms with Crippen molar-refractivity contribution in [1.82, 2.24) is 9.62 Å². The summed E-state index contributed by atoms with van der Waals surface area (Å²) in [5, 5.41) is 2.97. The lowest BCUT2D eigenvalue weighted by Gasteiger charge is -2.26. The Morgan fingerprint density at radius 2 is 1.45 bits per heavy atom. The Morgan fingerprint density at radius 3 is 2.02 bits per heavy atom. The van der Waals surface area contributed by atoms with Gasteiger partial charge in [-0.25, -0.2) is 13.2 Å². The zero-order chi connectivity index (χ0) is 43.4. The lowest BCUT2D eigenvalue weighted by atomic mass is 10.0. The van der Waals surface area contributed by atoms with E-state index in [2.05, 4.69) is 5.32 Å². The summed E-state index contributed by atoms with van der Waals surface area (Å²) < 4.78 is 78.1. The smallest absolute Gasteiger partial charge is 0.407 e. The van der Waals surface area contributed by atoms with Gasteiger partial charge < -0.3 is 39.0 Å². The van der Waals surface area contributed by atoms with E-state index in [0.29, 0.717) is 37.3 Å². The minimum Gasteiger partial charge on any atom is -0.481 e. The average Bonchev–Trinajstić information content (AvgIpc) is 3.61. The van der Waals surface area contributed by atoms with E-state index in [9.17, 15) is 17.8 Å². The van der Waals surface area contributed by atoms with Crippen molar-refractivity contribution in [3.63, 3.8) is 0 Å². The first kappa shape index (κ1) is 48.4. The second-order valence-corrected chi connectivity index (χ2v) is 18.2. The van der Waals surface area contributed by atoms with E-state index < -0.39 is 42.1 Å². The first-order valence-corrected chi connectivity index (χ1v) is 23.9. The number of nitrogens with zero attached hydrogens (tertiary/aromatic N) is 1. The van der Waals surface area contributed by atoms with Gasteiger partial charge in [0.05, 0.1) is 24.7 Å². The third-order valence-corrected chi connectivity index (χ3v) is 13.0. The molecule has 0 radical (unpaired) electrons. The highest BCUT2D eigenvalue weighted by Crippen LogP contribution is 2.50. The molecule has 1 saturated heterocycles. The fraction of sp³-hybridized carbons (Fsp3) is 0.444. The Morgan fingerprint density at radius 1 is 0.850 bits per heavy atom. The minimum atomic E-state index is -3.96. The number of ether oxygens (including phenoxy) is 4. The predicted molar refractivity (Wildman–Crippen MR) is 234 cm³/mol. The molecule has 13 nitrogen and oxygen atoms in total. The number of nitrogens with one attached hydrogen (secondary N) is 1. The van der Waals surface area contributed by atoms with E-state index in [0.717, 1.165) is 23.1 Å². The van der Waals surface area contributed by atoms with Crippen LogP contribution in [0.1, 0.15) is 70.6 Å². The number of sulfonamides is 1. The van der Waals surface area contributed by atoms with Crippen LogP contribution in [0.2, 0.25) is 0 Å². The molecule has 0 spiro atoms. The Kier molecular flexibility index (Phi) is 20.0. The first-order chi connectivity index (χ1) is 29.0. The van der Waals surface area contributed by atoms with Gasteiger partial charge in [0, 0.05) is 37.3 Å². The van der Waals surface area contributed by atoms with E-state index in [1.807, 2.05) is 107 Å². The van der Waals surface area contributed by atoms with Gasteiger partial charge in [-0.3, -0.25) is 4.57 Å². The van der Waals surface area contributed by atoms with E-state index in [1.54, 1.807) is 12.1 Å². The van der Waals surface area contributed by atoms with Crippen molar-refractivity contribution in [3.05, 3.63) is 126 Å². The van der Waals surface area contributed by atoms with Crippen LogP contribution in [0.3, 0.4) is 0 Å². The molecule has 1 amide bonds. The van der Waals surface area contributed by atoms with Gasteiger partial charge in [0.1, 0.15) is 11.9 Å². The van der Waals surface area contributed by atoms with Crippen molar-refractivity contribution in [2.45, 2.75) is 96.8 Å². The van der Waals surface area contributed by atoms with Crippen molar-refractivity contribution >= 4 is 29.4 Å². The van der Waals surface area contributed by atoms with Crippen LogP contribution in [0.4, 0.5) is 10.5 Å². The molecule has 1 fully saturated rings. The molecule has 0 aromatic heterocycles. The van der Waals surface area contributed by atoms with Gasteiger partial charge in [-0.05, 0) is 78.8 Å². The molecule has 1 heterocycles. The summed E-state index contributed by atoms with van der Waals surface area (Å²) in [7, 11) is -7.73. The summed E-state index contributed by atoms with van der Waals surface area (Å²) in [5.74, 6) is 0.143. The zero-order valence-corrected chi connectivity index (χ0v) is 37.2. The molecular formula is C45H62N3O10PS. The Bertz CT molecular complexity index is 1940. The molecule has 5 rings (SSSR count). The number of anilines is 1. The molecule has 0 bridgehead atoms. The summed E-state index contributed by atoms with van der Waals surface area (Å²) >= 11 is 0. The van der Waals surface area contributed by atoms with Gasteiger partial charge in [0.25, 0.3) is 0 Å². The molecule has 1 aliphatic rings. The molecule has 60 heavy (non-hydrogen) atoms. The SMILES string of the molecule is CC.CCCO[C@@H]1OC[C@H](OC(=O)N[C@H](CCN(CCC)S(=O)(=O)c2ccc(OCP(=O)(OCc3ccccc3)OCc3ccccc3)cc2)Cc2ccc(N)cc2)[C@@H]1C. The van der Waals surface area contributed by atoms with Crippen LogP contribution in [0, 0.1) is 5.92 Å². The van der Waals surface area contributed by atoms with Gasteiger partial charge in [-0.2, -0.15) is 4.31 Å². The molecule has 0 aliphatic carbocycles. The van der Waals surface area contributed by atoms with E-state index in [1.165, 1.54) is 28.6 Å². The zero-order valence-electron chi connectivity index (χ0n) is 35.4. The summed E-state index contributed by atoms with van der Waals surface area (Å²) in [6, 6.07) is 31.5. The quantitative estimate of drug-likeness (QED) is 0.0540. The number of nitrogens with two attached hydrogens (primary N) is 1. The second kappa shape index (κ2) is 24.9. The minimum absolute atomic E-state index is 0.0575. The maximum atomic E-state index is 14.0. The Hall–Kier alpha value is -4.27. The molecule has 0 saturated carbocycles. The molecule has 3 N–H and O–H groups in total. The van der Waals surface area contributed by atoms with Crippen LogP contribution >= 0.6 is 7.60 Å². The van der Waals surface area contributed by atoms with E-state index in [-0.39, 0.29) is 50.1 Å². The average molecular weight is 868 g/mol. The summed E-state index contributed by atoms with van der Waals surface area (Å²) in [5.41, 5.74) is 9.09. The van der Waals surface area contributed by atoms with E-state index >= 15 is 0 Å². The summed E-state index contributed by atoms with van der Waals surface area (Å²) in [4.78, 5) is 13.3. The lowest BCUT2D eigenvalue weighted by Crippen LogP contribution is -2.43. The number of rotatable bonds is 23. The number of hydrogen-bond acceptors (Lipinski definition) is 11. The number of hydrogen-bond donors (Lipinski definition) is 2. The topological polar surface area (TPSA) is 165 Å². The van der Waals surface area contributed by atoms with Crippen molar-refractivity contribution in [2.24, 2.45) is 5.92 Å².